The van der Waals surface area contributed by atoms with Crippen LogP contribution in [-0.4, -0.2) is 23.1 Å². The predicted molar refractivity (Wildman–Crippen MR) is 95.4 cm³/mol. The zero-order valence-corrected chi connectivity index (χ0v) is 16.8. The van der Waals surface area contributed by atoms with Gasteiger partial charge < -0.3 is 9.16 Å². The maximum atomic E-state index is 6.22. The van der Waals surface area contributed by atoms with Crippen LogP contribution in [-0.2, 0) is 17.6 Å². The van der Waals surface area contributed by atoms with Gasteiger partial charge in [0.15, 0.2) is 25.7 Å². The second-order valence-electron chi connectivity index (χ2n) is 7.28. The lowest BCUT2D eigenvalue weighted by Crippen LogP contribution is -2.40. The normalized spacial score (nSPS) is 14.2. The molecule has 0 spiro atoms. The highest BCUT2D eigenvalue weighted by molar-refractivity contribution is 9.10. The molecule has 0 aliphatic carbocycles. The standard InChI is InChI=1S/C16H22BrN3O2Si/c1-16(2,3)23(4,5)22-9-13-18-14-10-21-15-11(17)7-6-8-12(15)20(14)19-13/h6-8H,9-10H2,1-5H3. The van der Waals surface area contributed by atoms with E-state index in [9.17, 15) is 0 Å². The van der Waals surface area contributed by atoms with Crippen LogP contribution in [0.3, 0.4) is 0 Å². The topological polar surface area (TPSA) is 49.2 Å². The SMILES string of the molecule is CC(C)(C)[Si](C)(C)OCc1nc2n(n1)-c1cccc(Br)c1OC2. The van der Waals surface area contributed by atoms with E-state index in [0.29, 0.717) is 19.0 Å². The third-order valence-electron chi connectivity index (χ3n) is 4.61. The molecule has 0 bridgehead atoms. The van der Waals surface area contributed by atoms with Crippen LogP contribution in [0, 0.1) is 0 Å². The average molecular weight is 396 g/mol. The molecule has 0 fully saturated rings. The van der Waals surface area contributed by atoms with Crippen molar-refractivity contribution in [3.8, 4) is 11.4 Å². The van der Waals surface area contributed by atoms with E-state index in [1.165, 1.54) is 0 Å². The minimum atomic E-state index is -1.81. The third-order valence-corrected chi connectivity index (χ3v) is 9.71. The number of rotatable bonds is 3. The van der Waals surface area contributed by atoms with Crippen molar-refractivity contribution in [2.75, 3.05) is 0 Å². The maximum Gasteiger partial charge on any atom is 0.192 e. The molecular weight excluding hydrogens is 374 g/mol. The molecule has 7 heteroatoms. The van der Waals surface area contributed by atoms with E-state index in [-0.39, 0.29) is 5.04 Å². The number of ether oxygens (including phenoxy) is 1. The van der Waals surface area contributed by atoms with Crippen LogP contribution >= 0.6 is 15.9 Å². The molecule has 1 aliphatic heterocycles. The summed E-state index contributed by atoms with van der Waals surface area (Å²) in [7, 11) is -1.81. The van der Waals surface area contributed by atoms with E-state index in [1.54, 1.807) is 0 Å². The fourth-order valence-corrected chi connectivity index (χ4v) is 3.54. The van der Waals surface area contributed by atoms with Crippen LogP contribution in [0.15, 0.2) is 22.7 Å². The van der Waals surface area contributed by atoms with Crippen molar-refractivity contribution in [1.82, 2.24) is 14.8 Å². The molecule has 3 rings (SSSR count). The van der Waals surface area contributed by atoms with Crippen LogP contribution in [0.2, 0.25) is 18.1 Å². The second-order valence-corrected chi connectivity index (χ2v) is 12.9. The Labute approximate surface area is 146 Å². The molecule has 0 saturated heterocycles. The van der Waals surface area contributed by atoms with Gasteiger partial charge in [-0.2, -0.15) is 0 Å². The van der Waals surface area contributed by atoms with E-state index >= 15 is 0 Å². The fraction of sp³-hybridized carbons (Fsp3) is 0.500. The van der Waals surface area contributed by atoms with Crippen LogP contribution < -0.4 is 4.74 Å². The third kappa shape index (κ3) is 3.09. The molecule has 1 aromatic heterocycles. The maximum absolute atomic E-state index is 6.22. The number of aromatic nitrogens is 3. The van der Waals surface area contributed by atoms with Crippen molar-refractivity contribution < 1.29 is 9.16 Å². The Morgan fingerprint density at radius 2 is 2.09 bits per heavy atom. The summed E-state index contributed by atoms with van der Waals surface area (Å²) < 4.78 is 14.8. The number of nitrogens with zero attached hydrogens (tertiary/aromatic N) is 3. The number of hydrogen-bond donors (Lipinski definition) is 0. The van der Waals surface area contributed by atoms with Gasteiger partial charge in [-0.3, -0.25) is 0 Å². The largest absolute Gasteiger partial charge is 0.482 e. The summed E-state index contributed by atoms with van der Waals surface area (Å²) in [6.45, 7) is 12.0. The van der Waals surface area contributed by atoms with Crippen LogP contribution in [0.1, 0.15) is 32.4 Å². The second kappa shape index (κ2) is 5.72. The molecule has 0 saturated carbocycles. The van der Waals surface area contributed by atoms with Crippen LogP contribution in [0.4, 0.5) is 0 Å². The van der Waals surface area contributed by atoms with Crippen LogP contribution in [0.25, 0.3) is 5.69 Å². The molecule has 0 unspecified atom stereocenters. The Morgan fingerprint density at radius 1 is 1.35 bits per heavy atom. The first kappa shape index (κ1) is 16.7. The molecule has 2 heterocycles. The van der Waals surface area contributed by atoms with Gasteiger partial charge in [0, 0.05) is 0 Å². The number of fused-ring (bicyclic) bond motifs is 3. The summed E-state index contributed by atoms with van der Waals surface area (Å²) in [6, 6.07) is 5.91. The summed E-state index contributed by atoms with van der Waals surface area (Å²) in [5.74, 6) is 2.33. The average Bonchev–Trinajstić information content (AvgIpc) is 2.88. The highest BCUT2D eigenvalue weighted by atomic mass is 79.9. The summed E-state index contributed by atoms with van der Waals surface area (Å²) in [4.78, 5) is 4.57. The molecule has 2 aromatic rings. The molecular formula is C16H22BrN3O2Si. The fourth-order valence-electron chi connectivity index (χ4n) is 2.14. The van der Waals surface area contributed by atoms with Gasteiger partial charge in [0.25, 0.3) is 0 Å². The minimum absolute atomic E-state index is 0.174. The number of hydrogen-bond acceptors (Lipinski definition) is 4. The number of halogens is 1. The van der Waals surface area contributed by atoms with E-state index in [0.717, 1.165) is 21.7 Å². The summed E-state index contributed by atoms with van der Waals surface area (Å²) in [5, 5.41) is 4.79. The lowest BCUT2D eigenvalue weighted by atomic mass is 10.2. The zero-order chi connectivity index (χ0) is 16.8. The zero-order valence-electron chi connectivity index (χ0n) is 14.2. The Morgan fingerprint density at radius 3 is 2.78 bits per heavy atom. The van der Waals surface area contributed by atoms with E-state index in [4.69, 9.17) is 9.16 Å². The summed E-state index contributed by atoms with van der Waals surface area (Å²) in [5.41, 5.74) is 0.909. The molecule has 124 valence electrons. The van der Waals surface area contributed by atoms with Gasteiger partial charge in [0.1, 0.15) is 12.3 Å². The van der Waals surface area contributed by atoms with Gasteiger partial charge in [-0.25, -0.2) is 9.67 Å². The Bertz CT molecular complexity index is 737. The highest BCUT2D eigenvalue weighted by Crippen LogP contribution is 2.38. The van der Waals surface area contributed by atoms with Gasteiger partial charge in [0.2, 0.25) is 0 Å². The van der Waals surface area contributed by atoms with Gasteiger partial charge in [-0.1, -0.05) is 26.8 Å². The summed E-state index contributed by atoms with van der Waals surface area (Å²) in [6.07, 6.45) is 0. The van der Waals surface area contributed by atoms with E-state index in [1.807, 2.05) is 22.9 Å². The molecule has 0 atom stereocenters. The van der Waals surface area contributed by atoms with Crippen LogP contribution in [0.5, 0.6) is 5.75 Å². The molecule has 23 heavy (non-hydrogen) atoms. The Balaban J connectivity index is 1.84. The minimum Gasteiger partial charge on any atom is -0.482 e. The van der Waals surface area contributed by atoms with Crippen molar-refractivity contribution in [2.24, 2.45) is 0 Å². The first-order valence-corrected chi connectivity index (χ1v) is 11.4. The number of para-hydroxylation sites is 1. The number of benzene rings is 1. The molecule has 0 amide bonds. The van der Waals surface area contributed by atoms with Crippen molar-refractivity contribution in [2.45, 2.75) is 52.1 Å². The lowest BCUT2D eigenvalue weighted by Gasteiger charge is -2.35. The van der Waals surface area contributed by atoms with E-state index < -0.39 is 8.32 Å². The van der Waals surface area contributed by atoms with E-state index in [2.05, 4.69) is 59.9 Å². The molecule has 1 aromatic carbocycles. The first-order chi connectivity index (χ1) is 10.7. The van der Waals surface area contributed by atoms with Gasteiger partial charge in [-0.05, 0) is 46.2 Å². The van der Waals surface area contributed by atoms with Crippen molar-refractivity contribution in [3.05, 3.63) is 34.3 Å². The smallest absolute Gasteiger partial charge is 0.192 e. The molecule has 5 nitrogen and oxygen atoms in total. The van der Waals surface area contributed by atoms with Crippen molar-refractivity contribution >= 4 is 24.2 Å². The molecule has 1 aliphatic rings. The van der Waals surface area contributed by atoms with Crippen molar-refractivity contribution in [1.29, 1.82) is 0 Å². The Hall–Kier alpha value is -1.18. The molecule has 0 radical (unpaired) electrons. The van der Waals surface area contributed by atoms with Crippen molar-refractivity contribution in [3.63, 3.8) is 0 Å². The molecule has 0 N–H and O–H groups in total. The monoisotopic (exact) mass is 395 g/mol. The van der Waals surface area contributed by atoms with Gasteiger partial charge in [-0.15, -0.1) is 5.10 Å². The summed E-state index contributed by atoms with van der Waals surface area (Å²) >= 11 is 3.51. The Kier molecular flexibility index (Phi) is 4.14. The lowest BCUT2D eigenvalue weighted by molar-refractivity contribution is 0.267. The quantitative estimate of drug-likeness (QED) is 0.720. The predicted octanol–water partition coefficient (Wildman–Crippen LogP) is 4.44. The van der Waals surface area contributed by atoms with Gasteiger partial charge >= 0.3 is 0 Å². The highest BCUT2D eigenvalue weighted by Gasteiger charge is 2.37. The van der Waals surface area contributed by atoms with Gasteiger partial charge in [0.05, 0.1) is 11.1 Å². The first-order valence-electron chi connectivity index (χ1n) is 7.69.